The second-order valence-corrected chi connectivity index (χ2v) is 5.96. The van der Waals surface area contributed by atoms with Gasteiger partial charge in [0, 0.05) is 24.4 Å². The molecule has 21 heavy (non-hydrogen) atoms. The summed E-state index contributed by atoms with van der Waals surface area (Å²) in [5, 5.41) is 2.96. The Balaban J connectivity index is 1.58. The van der Waals surface area contributed by atoms with Crippen LogP contribution < -0.4 is 11.1 Å². The number of imidazole rings is 1. The Kier molecular flexibility index (Phi) is 3.92. The van der Waals surface area contributed by atoms with Crippen molar-refractivity contribution >= 4 is 11.6 Å². The molecule has 0 saturated heterocycles. The summed E-state index contributed by atoms with van der Waals surface area (Å²) in [5.41, 5.74) is 8.94. The highest BCUT2D eigenvalue weighted by atomic mass is 16.1. The van der Waals surface area contributed by atoms with Gasteiger partial charge in [0.1, 0.15) is 5.65 Å². The Morgan fingerprint density at radius 1 is 1.48 bits per heavy atom. The van der Waals surface area contributed by atoms with Crippen LogP contribution in [0, 0.1) is 12.8 Å². The fraction of sp³-hybridized carbons (Fsp3) is 0.500. The second-order valence-electron chi connectivity index (χ2n) is 5.96. The number of aryl methyl sites for hydroxylation is 1. The van der Waals surface area contributed by atoms with Gasteiger partial charge >= 0.3 is 0 Å². The van der Waals surface area contributed by atoms with E-state index in [1.54, 1.807) is 0 Å². The minimum Gasteiger partial charge on any atom is -0.350 e. The van der Waals surface area contributed by atoms with Crippen molar-refractivity contribution < 1.29 is 4.79 Å². The number of hydrogen-bond acceptors (Lipinski definition) is 3. The van der Waals surface area contributed by atoms with Crippen molar-refractivity contribution in [3.05, 3.63) is 35.8 Å². The Morgan fingerprint density at radius 3 is 3.05 bits per heavy atom. The molecule has 2 aromatic rings. The summed E-state index contributed by atoms with van der Waals surface area (Å²) in [5.74, 6) is 0.416. The maximum atomic E-state index is 12.0. The normalized spacial score (nSPS) is 21.8. The van der Waals surface area contributed by atoms with Gasteiger partial charge in [-0.15, -0.1) is 0 Å². The predicted molar refractivity (Wildman–Crippen MR) is 81.7 cm³/mol. The monoisotopic (exact) mass is 286 g/mol. The number of rotatable bonds is 4. The van der Waals surface area contributed by atoms with Gasteiger partial charge in [-0.2, -0.15) is 0 Å². The zero-order valence-electron chi connectivity index (χ0n) is 12.4. The molecule has 1 aliphatic carbocycles. The zero-order valence-corrected chi connectivity index (χ0v) is 12.4. The van der Waals surface area contributed by atoms with Crippen LogP contribution in [0.15, 0.2) is 24.4 Å². The predicted octanol–water partition coefficient (Wildman–Crippen LogP) is 1.78. The molecule has 1 saturated carbocycles. The van der Waals surface area contributed by atoms with Crippen molar-refractivity contribution in [1.29, 1.82) is 0 Å². The molecule has 1 fully saturated rings. The van der Waals surface area contributed by atoms with Crippen LogP contribution in [-0.2, 0) is 11.3 Å². The number of nitrogens with two attached hydrogens (primary N) is 1. The third-order valence-electron chi connectivity index (χ3n) is 4.38. The van der Waals surface area contributed by atoms with E-state index in [9.17, 15) is 4.79 Å². The molecule has 0 aromatic carbocycles. The van der Waals surface area contributed by atoms with Gasteiger partial charge in [0.25, 0.3) is 0 Å². The van der Waals surface area contributed by atoms with Crippen molar-refractivity contribution in [2.24, 2.45) is 11.7 Å². The average Bonchev–Trinajstić information content (AvgIpc) is 3.04. The molecule has 3 N–H and O–H groups in total. The molecule has 0 radical (unpaired) electrons. The summed E-state index contributed by atoms with van der Waals surface area (Å²) < 4.78 is 2.04. The van der Waals surface area contributed by atoms with Crippen LogP contribution in [0.1, 0.15) is 37.1 Å². The molecule has 1 aliphatic rings. The number of aromatic nitrogens is 2. The quantitative estimate of drug-likeness (QED) is 0.900. The SMILES string of the molecule is Cc1cccc2nc(CNC(=O)C[C@@H]3CCC[C@H]3N)cn12. The molecule has 3 rings (SSSR count). The van der Waals surface area contributed by atoms with Gasteiger partial charge in [0.15, 0.2) is 0 Å². The van der Waals surface area contributed by atoms with Gasteiger partial charge < -0.3 is 15.5 Å². The lowest BCUT2D eigenvalue weighted by molar-refractivity contribution is -0.122. The van der Waals surface area contributed by atoms with Gasteiger partial charge in [-0.1, -0.05) is 12.5 Å². The van der Waals surface area contributed by atoms with E-state index >= 15 is 0 Å². The molecule has 2 atom stereocenters. The molecule has 0 unspecified atom stereocenters. The van der Waals surface area contributed by atoms with Gasteiger partial charge in [-0.3, -0.25) is 4.79 Å². The van der Waals surface area contributed by atoms with Crippen LogP contribution in [0.25, 0.3) is 5.65 Å². The van der Waals surface area contributed by atoms with Crippen LogP contribution in [0.4, 0.5) is 0 Å². The topological polar surface area (TPSA) is 72.4 Å². The van der Waals surface area contributed by atoms with Crippen molar-refractivity contribution in [2.75, 3.05) is 0 Å². The van der Waals surface area contributed by atoms with Crippen LogP contribution >= 0.6 is 0 Å². The average molecular weight is 286 g/mol. The van der Waals surface area contributed by atoms with Gasteiger partial charge in [-0.05, 0) is 37.8 Å². The molecule has 5 nitrogen and oxygen atoms in total. The van der Waals surface area contributed by atoms with Crippen LogP contribution in [0.3, 0.4) is 0 Å². The number of hydrogen-bond donors (Lipinski definition) is 2. The number of nitrogens with one attached hydrogen (secondary N) is 1. The van der Waals surface area contributed by atoms with Crippen molar-refractivity contribution in [3.8, 4) is 0 Å². The smallest absolute Gasteiger partial charge is 0.220 e. The Hall–Kier alpha value is -1.88. The first-order valence-corrected chi connectivity index (χ1v) is 7.59. The molecule has 5 heteroatoms. The van der Waals surface area contributed by atoms with Gasteiger partial charge in [-0.25, -0.2) is 4.98 Å². The summed E-state index contributed by atoms with van der Waals surface area (Å²) in [6.45, 7) is 2.51. The van der Waals surface area contributed by atoms with E-state index in [1.165, 1.54) is 0 Å². The standard InChI is InChI=1S/C16H22N4O/c1-11-4-2-7-15-19-13(10-20(11)15)9-18-16(21)8-12-5-3-6-14(12)17/h2,4,7,10,12,14H,3,5-6,8-9,17H2,1H3,(H,18,21)/t12-,14+/m0/s1. The molecule has 112 valence electrons. The molecule has 0 aliphatic heterocycles. The van der Waals surface area contributed by atoms with Gasteiger partial charge in [0.05, 0.1) is 12.2 Å². The van der Waals surface area contributed by atoms with Crippen molar-refractivity contribution in [2.45, 2.75) is 45.2 Å². The first-order valence-electron chi connectivity index (χ1n) is 7.59. The van der Waals surface area contributed by atoms with Gasteiger partial charge in [0.2, 0.25) is 5.91 Å². The van der Waals surface area contributed by atoms with Crippen LogP contribution in [0.2, 0.25) is 0 Å². The fourth-order valence-corrected chi connectivity index (χ4v) is 3.10. The molecule has 0 spiro atoms. The highest BCUT2D eigenvalue weighted by Crippen LogP contribution is 2.26. The molecule has 2 heterocycles. The van der Waals surface area contributed by atoms with E-state index in [0.717, 1.165) is 36.3 Å². The summed E-state index contributed by atoms with van der Waals surface area (Å²) in [6, 6.07) is 6.18. The number of carbonyl (C=O) groups is 1. The van der Waals surface area contributed by atoms with Crippen molar-refractivity contribution in [3.63, 3.8) is 0 Å². The highest BCUT2D eigenvalue weighted by Gasteiger charge is 2.25. The molecular weight excluding hydrogens is 264 g/mol. The van der Waals surface area contributed by atoms with Crippen LogP contribution in [-0.4, -0.2) is 21.3 Å². The lowest BCUT2D eigenvalue weighted by Gasteiger charge is -2.14. The van der Waals surface area contributed by atoms with E-state index in [-0.39, 0.29) is 11.9 Å². The first-order chi connectivity index (χ1) is 10.1. The Labute approximate surface area is 124 Å². The van der Waals surface area contributed by atoms with E-state index < -0.39 is 0 Å². The number of fused-ring (bicyclic) bond motifs is 1. The summed E-state index contributed by atoms with van der Waals surface area (Å²) in [7, 11) is 0. The third-order valence-corrected chi connectivity index (χ3v) is 4.38. The van der Waals surface area contributed by atoms with E-state index in [0.29, 0.717) is 18.9 Å². The van der Waals surface area contributed by atoms with E-state index in [4.69, 9.17) is 5.73 Å². The molecule has 2 aromatic heterocycles. The summed E-state index contributed by atoms with van der Waals surface area (Å²) in [4.78, 5) is 16.5. The maximum absolute atomic E-state index is 12.0. The largest absolute Gasteiger partial charge is 0.350 e. The fourth-order valence-electron chi connectivity index (χ4n) is 3.10. The molecular formula is C16H22N4O. The number of pyridine rings is 1. The number of amides is 1. The minimum absolute atomic E-state index is 0.0751. The summed E-state index contributed by atoms with van der Waals surface area (Å²) >= 11 is 0. The molecule has 1 amide bonds. The van der Waals surface area contributed by atoms with Crippen LogP contribution in [0.5, 0.6) is 0 Å². The summed E-state index contributed by atoms with van der Waals surface area (Å²) in [6.07, 6.45) is 5.77. The number of nitrogens with zero attached hydrogens (tertiary/aromatic N) is 2. The lowest BCUT2D eigenvalue weighted by atomic mass is 10.00. The second kappa shape index (κ2) is 5.85. The Morgan fingerprint density at radius 2 is 2.33 bits per heavy atom. The minimum atomic E-state index is 0.0751. The lowest BCUT2D eigenvalue weighted by Crippen LogP contribution is -2.31. The van der Waals surface area contributed by atoms with Crippen molar-refractivity contribution in [1.82, 2.24) is 14.7 Å². The number of carbonyl (C=O) groups excluding carboxylic acids is 1. The van der Waals surface area contributed by atoms with E-state index in [2.05, 4.69) is 10.3 Å². The zero-order chi connectivity index (χ0) is 14.8. The highest BCUT2D eigenvalue weighted by molar-refractivity contribution is 5.76. The Bertz CT molecular complexity index is 649. The third kappa shape index (κ3) is 3.08. The molecule has 0 bridgehead atoms. The maximum Gasteiger partial charge on any atom is 0.220 e. The van der Waals surface area contributed by atoms with E-state index in [1.807, 2.05) is 35.7 Å². The first kappa shape index (κ1) is 14.1.